The first kappa shape index (κ1) is 13.5. The Hall–Kier alpha value is -1.95. The second kappa shape index (κ2) is 5.79. The lowest BCUT2D eigenvalue weighted by Gasteiger charge is -2.22. The minimum absolute atomic E-state index is 0.0188. The zero-order valence-electron chi connectivity index (χ0n) is 10.8. The van der Waals surface area contributed by atoms with Crippen molar-refractivity contribution in [2.45, 2.75) is 6.92 Å². The maximum atomic E-state index is 12.4. The lowest BCUT2D eigenvalue weighted by atomic mass is 10.1. The van der Waals surface area contributed by atoms with Gasteiger partial charge < -0.3 is 15.4 Å². The summed E-state index contributed by atoms with van der Waals surface area (Å²) in [7, 11) is 0. The van der Waals surface area contributed by atoms with E-state index < -0.39 is 5.91 Å². The number of pyridine rings is 1. The fourth-order valence-electron chi connectivity index (χ4n) is 2.11. The van der Waals surface area contributed by atoms with Crippen molar-refractivity contribution in [2.24, 2.45) is 11.7 Å². The Morgan fingerprint density at radius 2 is 2.32 bits per heavy atom. The molecular formula is C13H17N3O3. The van der Waals surface area contributed by atoms with E-state index in [4.69, 9.17) is 10.5 Å². The molecule has 0 radical (unpaired) electrons. The van der Waals surface area contributed by atoms with Gasteiger partial charge in [-0.2, -0.15) is 0 Å². The van der Waals surface area contributed by atoms with Crippen molar-refractivity contribution >= 4 is 11.8 Å². The van der Waals surface area contributed by atoms with Crippen LogP contribution in [0.3, 0.4) is 0 Å². The highest BCUT2D eigenvalue weighted by molar-refractivity contribution is 6.05. The van der Waals surface area contributed by atoms with Crippen LogP contribution in [-0.2, 0) is 4.74 Å². The van der Waals surface area contributed by atoms with Crippen molar-refractivity contribution in [3.8, 4) is 0 Å². The highest BCUT2D eigenvalue weighted by Crippen LogP contribution is 2.13. The maximum Gasteiger partial charge on any atom is 0.268 e. The van der Waals surface area contributed by atoms with Gasteiger partial charge in [-0.15, -0.1) is 0 Å². The molecule has 0 aliphatic carbocycles. The molecule has 102 valence electrons. The third kappa shape index (κ3) is 3.08. The summed E-state index contributed by atoms with van der Waals surface area (Å²) in [6, 6.07) is 3.20. The molecule has 1 aliphatic heterocycles. The molecule has 1 saturated heterocycles. The molecular weight excluding hydrogens is 246 g/mol. The molecule has 1 aliphatic rings. The number of hydrogen-bond donors (Lipinski definition) is 1. The lowest BCUT2D eigenvalue weighted by molar-refractivity contribution is 0.0732. The van der Waals surface area contributed by atoms with Gasteiger partial charge in [0.1, 0.15) is 5.69 Å². The number of ether oxygens (including phenoxy) is 1. The summed E-state index contributed by atoms with van der Waals surface area (Å²) < 4.78 is 5.40. The number of nitrogens with two attached hydrogens (primary N) is 1. The van der Waals surface area contributed by atoms with E-state index in [2.05, 4.69) is 4.98 Å². The Morgan fingerprint density at radius 1 is 1.53 bits per heavy atom. The predicted octanol–water partition coefficient (Wildman–Crippen LogP) is 0.289. The Kier molecular flexibility index (Phi) is 4.11. The third-order valence-corrected chi connectivity index (χ3v) is 3.00. The number of carbonyl (C=O) groups excluding carboxylic acids is 2. The first-order chi connectivity index (χ1) is 9.09. The van der Waals surface area contributed by atoms with Gasteiger partial charge in [-0.25, -0.2) is 0 Å². The predicted molar refractivity (Wildman–Crippen MR) is 68.6 cm³/mol. The second-order valence-electron chi connectivity index (χ2n) is 4.70. The van der Waals surface area contributed by atoms with E-state index in [0.717, 1.165) is 0 Å². The van der Waals surface area contributed by atoms with Gasteiger partial charge in [0.05, 0.1) is 18.8 Å². The fraction of sp³-hybridized carbons (Fsp3) is 0.462. The van der Waals surface area contributed by atoms with Crippen LogP contribution in [0.25, 0.3) is 0 Å². The summed E-state index contributed by atoms with van der Waals surface area (Å²) in [6.45, 7) is 4.27. The zero-order chi connectivity index (χ0) is 13.8. The minimum Gasteiger partial charge on any atom is -0.379 e. The van der Waals surface area contributed by atoms with E-state index >= 15 is 0 Å². The summed E-state index contributed by atoms with van der Waals surface area (Å²) in [5.74, 6) is -0.650. The lowest BCUT2D eigenvalue weighted by Crippen LogP contribution is -2.36. The molecule has 2 N–H and O–H groups in total. The highest BCUT2D eigenvalue weighted by Gasteiger charge is 2.24. The molecule has 0 spiro atoms. The Bertz CT molecular complexity index is 490. The van der Waals surface area contributed by atoms with Crippen molar-refractivity contribution < 1.29 is 14.3 Å². The van der Waals surface area contributed by atoms with E-state index in [0.29, 0.717) is 26.3 Å². The summed E-state index contributed by atoms with van der Waals surface area (Å²) in [6.07, 6.45) is 1.45. The molecule has 1 aromatic rings. The number of hydrogen-bond acceptors (Lipinski definition) is 4. The van der Waals surface area contributed by atoms with Gasteiger partial charge in [-0.05, 0) is 18.1 Å². The molecule has 0 saturated carbocycles. The topological polar surface area (TPSA) is 85.5 Å². The molecule has 1 unspecified atom stereocenters. The molecule has 6 heteroatoms. The van der Waals surface area contributed by atoms with E-state index in [1.54, 1.807) is 17.0 Å². The van der Waals surface area contributed by atoms with Gasteiger partial charge in [0.2, 0.25) is 0 Å². The highest BCUT2D eigenvalue weighted by atomic mass is 16.5. The van der Waals surface area contributed by atoms with Gasteiger partial charge in [-0.1, -0.05) is 6.92 Å². The van der Waals surface area contributed by atoms with E-state index in [-0.39, 0.29) is 23.1 Å². The van der Waals surface area contributed by atoms with Crippen LogP contribution in [0.2, 0.25) is 0 Å². The first-order valence-electron chi connectivity index (χ1n) is 6.21. The molecule has 0 aromatic carbocycles. The van der Waals surface area contributed by atoms with Gasteiger partial charge in [0, 0.05) is 19.3 Å². The summed E-state index contributed by atoms with van der Waals surface area (Å²) in [4.78, 5) is 29.3. The molecule has 1 fully saturated rings. The van der Waals surface area contributed by atoms with Crippen LogP contribution in [0, 0.1) is 5.92 Å². The summed E-state index contributed by atoms with van der Waals surface area (Å²) in [5.41, 5.74) is 5.52. The maximum absolute atomic E-state index is 12.4. The van der Waals surface area contributed by atoms with Crippen molar-refractivity contribution in [3.05, 3.63) is 29.6 Å². The van der Waals surface area contributed by atoms with Crippen molar-refractivity contribution in [1.82, 2.24) is 9.88 Å². The molecule has 1 atom stereocenters. The molecule has 0 bridgehead atoms. The van der Waals surface area contributed by atoms with Gasteiger partial charge in [0.15, 0.2) is 0 Å². The van der Waals surface area contributed by atoms with E-state index in [1.807, 2.05) is 6.92 Å². The Balaban J connectivity index is 2.25. The van der Waals surface area contributed by atoms with Crippen LogP contribution in [-0.4, -0.2) is 48.0 Å². The van der Waals surface area contributed by atoms with Gasteiger partial charge in [-0.3, -0.25) is 14.6 Å². The number of carbonyl (C=O) groups is 2. The minimum atomic E-state index is -0.692. The zero-order valence-corrected chi connectivity index (χ0v) is 10.8. The number of primary amides is 1. The van der Waals surface area contributed by atoms with Crippen LogP contribution in [0.15, 0.2) is 18.3 Å². The molecule has 19 heavy (non-hydrogen) atoms. The number of amides is 2. The largest absolute Gasteiger partial charge is 0.379 e. The SMILES string of the molecule is CC1COCCN(C(=O)c2cccnc2C(N)=O)C1. The van der Waals surface area contributed by atoms with Crippen LogP contribution in [0.1, 0.15) is 27.8 Å². The quantitative estimate of drug-likeness (QED) is 0.831. The number of rotatable bonds is 2. The standard InChI is InChI=1S/C13H17N3O3/c1-9-7-16(5-6-19-8-9)13(18)10-3-2-4-15-11(10)12(14)17/h2-4,9H,5-8H2,1H3,(H2,14,17). The average Bonchev–Trinajstić information content (AvgIpc) is 2.62. The van der Waals surface area contributed by atoms with Crippen LogP contribution < -0.4 is 5.73 Å². The monoisotopic (exact) mass is 263 g/mol. The van der Waals surface area contributed by atoms with Crippen LogP contribution in [0.5, 0.6) is 0 Å². The number of nitrogens with zero attached hydrogens (tertiary/aromatic N) is 2. The Morgan fingerprint density at radius 3 is 3.05 bits per heavy atom. The average molecular weight is 263 g/mol. The smallest absolute Gasteiger partial charge is 0.268 e. The molecule has 1 aromatic heterocycles. The molecule has 6 nitrogen and oxygen atoms in total. The molecule has 2 heterocycles. The van der Waals surface area contributed by atoms with Crippen molar-refractivity contribution in [2.75, 3.05) is 26.3 Å². The second-order valence-corrected chi connectivity index (χ2v) is 4.70. The normalized spacial score (nSPS) is 19.8. The third-order valence-electron chi connectivity index (χ3n) is 3.00. The van der Waals surface area contributed by atoms with E-state index in [1.165, 1.54) is 6.20 Å². The van der Waals surface area contributed by atoms with Gasteiger partial charge in [0.25, 0.3) is 11.8 Å². The summed E-state index contributed by atoms with van der Waals surface area (Å²) >= 11 is 0. The van der Waals surface area contributed by atoms with E-state index in [9.17, 15) is 9.59 Å². The van der Waals surface area contributed by atoms with Crippen LogP contribution in [0.4, 0.5) is 0 Å². The van der Waals surface area contributed by atoms with Crippen molar-refractivity contribution in [1.29, 1.82) is 0 Å². The summed E-state index contributed by atoms with van der Waals surface area (Å²) in [5, 5.41) is 0. The van der Waals surface area contributed by atoms with Crippen LogP contribution >= 0.6 is 0 Å². The Labute approximate surface area is 111 Å². The molecule has 2 rings (SSSR count). The first-order valence-corrected chi connectivity index (χ1v) is 6.21. The van der Waals surface area contributed by atoms with Crippen molar-refractivity contribution in [3.63, 3.8) is 0 Å². The molecule has 2 amide bonds. The van der Waals surface area contributed by atoms with Gasteiger partial charge >= 0.3 is 0 Å². The number of aromatic nitrogens is 1. The fourth-order valence-corrected chi connectivity index (χ4v) is 2.11.